The summed E-state index contributed by atoms with van der Waals surface area (Å²) in [6, 6.07) is 0. The predicted molar refractivity (Wildman–Crippen MR) is 50.8 cm³/mol. The van der Waals surface area contributed by atoms with Gasteiger partial charge in [0, 0.05) is 0 Å². The van der Waals surface area contributed by atoms with E-state index in [1.54, 1.807) is 0 Å². The third kappa shape index (κ3) is 18.8. The molecule has 0 N–H and O–H groups in total. The molecule has 0 amide bonds. The number of hydrogen-bond acceptors (Lipinski definition) is 0. The summed E-state index contributed by atoms with van der Waals surface area (Å²) in [7, 11) is 20.1. The Morgan fingerprint density at radius 2 is 1.18 bits per heavy atom. The van der Waals surface area contributed by atoms with Crippen LogP contribution in [0.5, 0.6) is 0 Å². The van der Waals surface area contributed by atoms with Gasteiger partial charge in [0.25, 0.3) is 0 Å². The molecule has 1 aliphatic carbocycles. The first kappa shape index (κ1) is 13.0. The molecule has 1 aliphatic rings. The average Bonchev–Trinajstić information content (AvgIpc) is 1.88. The van der Waals surface area contributed by atoms with Gasteiger partial charge in [0.2, 0.25) is 0 Å². The van der Waals surface area contributed by atoms with E-state index >= 15 is 0 Å². The Morgan fingerprint density at radius 1 is 0.818 bits per heavy atom. The first-order chi connectivity index (χ1) is 5.00. The summed E-state index contributed by atoms with van der Waals surface area (Å²) in [4.78, 5) is 0. The Hall–Kier alpha value is 2.04. The van der Waals surface area contributed by atoms with Crippen LogP contribution in [-0.4, -0.2) is 0 Å². The summed E-state index contributed by atoms with van der Waals surface area (Å²) >= 11 is -3.29. The van der Waals surface area contributed by atoms with Gasteiger partial charge in [0.05, 0.1) is 0 Å². The fourth-order valence-corrected chi connectivity index (χ4v) is 0.898. The van der Waals surface area contributed by atoms with Crippen LogP contribution in [0.2, 0.25) is 0 Å². The number of hydrogen-bond donors (Lipinski definition) is 0. The van der Waals surface area contributed by atoms with Crippen molar-refractivity contribution in [3.8, 4) is 0 Å². The van der Waals surface area contributed by atoms with Crippen molar-refractivity contribution in [1.29, 1.82) is 0 Å². The molecule has 1 rings (SSSR count). The van der Waals surface area contributed by atoms with Crippen molar-refractivity contribution in [2.45, 2.75) is 32.1 Å². The standard InChI is InChI=1S/C6H11.4ClH.Zr/c1-2-4-6-5-3-1;;;;;/h1H,2-6H2;4*1H;/q;;;;;+4/p-4. The van der Waals surface area contributed by atoms with Gasteiger partial charge in [-0.1, -0.05) is 32.1 Å². The monoisotopic (exact) mass is 313 g/mol. The van der Waals surface area contributed by atoms with Gasteiger partial charge in [-0.05, 0) is 6.42 Å². The topological polar surface area (TPSA) is 0 Å². The van der Waals surface area contributed by atoms with E-state index in [0.29, 0.717) is 0 Å². The second-order valence-corrected chi connectivity index (χ2v) is 24.7. The minimum atomic E-state index is -3.29. The zero-order valence-corrected chi connectivity index (χ0v) is 11.6. The van der Waals surface area contributed by atoms with Gasteiger partial charge >= 0.3 is 49.5 Å². The van der Waals surface area contributed by atoms with Gasteiger partial charge < -0.3 is 0 Å². The molecule has 0 heterocycles. The van der Waals surface area contributed by atoms with Crippen LogP contribution in [0.25, 0.3) is 0 Å². The molecule has 11 heavy (non-hydrogen) atoms. The zero-order chi connectivity index (χ0) is 8.74. The van der Waals surface area contributed by atoms with E-state index in [1.165, 1.54) is 32.1 Å². The molecule has 5 heteroatoms. The molecule has 0 bridgehead atoms. The molecular weight excluding hydrogens is 305 g/mol. The Bertz CT molecular complexity index is 69.6. The van der Waals surface area contributed by atoms with Gasteiger partial charge in [-0.3, -0.25) is 0 Å². The molecule has 0 spiro atoms. The number of rotatable bonds is 0. The summed E-state index contributed by atoms with van der Waals surface area (Å²) < 4.78 is 0. The third-order valence-corrected chi connectivity index (χ3v) is 1.32. The SMILES string of the molecule is [CH]1CCCCC1.[Cl][Zr]([Cl])([Cl])[Cl]. The molecule has 0 aromatic carbocycles. The van der Waals surface area contributed by atoms with Crippen molar-refractivity contribution in [3.63, 3.8) is 0 Å². The molecule has 0 unspecified atom stereocenters. The molecule has 67 valence electrons. The predicted octanol–water partition coefficient (Wildman–Crippen LogP) is 4.91. The summed E-state index contributed by atoms with van der Waals surface area (Å²) in [6.07, 6.45) is 9.50. The normalized spacial score (nSPS) is 18.5. The molecule has 0 aliphatic heterocycles. The minimum absolute atomic E-state index is 1.38. The van der Waals surface area contributed by atoms with Crippen LogP contribution in [0.1, 0.15) is 32.1 Å². The van der Waals surface area contributed by atoms with E-state index in [9.17, 15) is 0 Å². The second-order valence-electron chi connectivity index (χ2n) is 2.36. The molecule has 0 atom stereocenters. The first-order valence-corrected chi connectivity index (χ1v) is 16.2. The Morgan fingerprint density at radius 3 is 1.27 bits per heavy atom. The summed E-state index contributed by atoms with van der Waals surface area (Å²) in [6.45, 7) is 0. The van der Waals surface area contributed by atoms with E-state index in [-0.39, 0.29) is 0 Å². The van der Waals surface area contributed by atoms with Crippen LogP contribution in [-0.2, 0) is 15.5 Å². The Kier molecular flexibility index (Phi) is 8.83. The van der Waals surface area contributed by atoms with Crippen molar-refractivity contribution < 1.29 is 15.5 Å². The maximum absolute atomic E-state index is 5.04. The molecule has 1 radical (unpaired) electrons. The molecule has 1 saturated carbocycles. The summed E-state index contributed by atoms with van der Waals surface area (Å²) in [5, 5.41) is 0. The van der Waals surface area contributed by atoms with Crippen LogP contribution in [0.3, 0.4) is 0 Å². The quantitative estimate of drug-likeness (QED) is 0.596. The zero-order valence-electron chi connectivity index (χ0n) is 6.12. The molecule has 0 aromatic rings. The van der Waals surface area contributed by atoms with Crippen molar-refractivity contribution in [2.75, 3.05) is 0 Å². The van der Waals surface area contributed by atoms with E-state index < -0.39 is 15.5 Å². The van der Waals surface area contributed by atoms with Crippen molar-refractivity contribution in [3.05, 3.63) is 6.42 Å². The fraction of sp³-hybridized carbons (Fsp3) is 0.833. The van der Waals surface area contributed by atoms with Crippen molar-refractivity contribution in [2.24, 2.45) is 0 Å². The van der Waals surface area contributed by atoms with E-state index in [2.05, 4.69) is 6.42 Å². The maximum atomic E-state index is 5.04. The third-order valence-electron chi connectivity index (χ3n) is 1.32. The van der Waals surface area contributed by atoms with Gasteiger partial charge in [-0.2, -0.15) is 0 Å². The first-order valence-electron chi connectivity index (χ1n) is 3.57. The average molecular weight is 316 g/mol. The Labute approximate surface area is 87.1 Å². The van der Waals surface area contributed by atoms with Gasteiger partial charge in [-0.15, -0.1) is 0 Å². The van der Waals surface area contributed by atoms with Crippen LogP contribution in [0, 0.1) is 6.42 Å². The van der Waals surface area contributed by atoms with Crippen molar-refractivity contribution in [1.82, 2.24) is 0 Å². The molecule has 0 saturated heterocycles. The van der Waals surface area contributed by atoms with Gasteiger partial charge in [0.1, 0.15) is 0 Å². The van der Waals surface area contributed by atoms with Crippen LogP contribution < -0.4 is 0 Å². The number of halogens is 4. The van der Waals surface area contributed by atoms with E-state index in [0.717, 1.165) is 0 Å². The molecular formula is C6H11Cl4Zr. The molecule has 0 nitrogen and oxygen atoms in total. The fourth-order valence-electron chi connectivity index (χ4n) is 0.898. The van der Waals surface area contributed by atoms with Gasteiger partial charge in [0.15, 0.2) is 0 Å². The van der Waals surface area contributed by atoms with Crippen molar-refractivity contribution >= 4 is 34.1 Å². The summed E-state index contributed by atoms with van der Waals surface area (Å²) in [5.41, 5.74) is 0. The van der Waals surface area contributed by atoms with E-state index in [1.807, 2.05) is 0 Å². The second kappa shape index (κ2) is 7.45. The van der Waals surface area contributed by atoms with Crippen LogP contribution in [0.15, 0.2) is 0 Å². The van der Waals surface area contributed by atoms with Crippen LogP contribution in [0.4, 0.5) is 0 Å². The summed E-state index contributed by atoms with van der Waals surface area (Å²) in [5.74, 6) is 0. The molecule has 1 fully saturated rings. The van der Waals surface area contributed by atoms with E-state index in [4.69, 9.17) is 34.1 Å². The molecule has 0 aromatic heterocycles. The van der Waals surface area contributed by atoms with Gasteiger partial charge in [-0.25, -0.2) is 0 Å². The Balaban J connectivity index is 0.000000187. The van der Waals surface area contributed by atoms with Crippen LogP contribution >= 0.6 is 34.1 Å².